The van der Waals surface area contributed by atoms with Gasteiger partial charge in [0.05, 0.1) is 0 Å². The van der Waals surface area contributed by atoms with Crippen LogP contribution in [-0.2, 0) is 0 Å². The minimum Gasteiger partial charge on any atom is -0.504 e. The Balaban J connectivity index is 2.76. The molecule has 0 radical (unpaired) electrons. The Morgan fingerprint density at radius 1 is 1.43 bits per heavy atom. The van der Waals surface area contributed by atoms with Gasteiger partial charge >= 0.3 is 0 Å². The summed E-state index contributed by atoms with van der Waals surface area (Å²) < 4.78 is 5.16. The third-order valence-corrected chi connectivity index (χ3v) is 2.13. The van der Waals surface area contributed by atoms with Crippen LogP contribution in [0.3, 0.4) is 0 Å². The van der Waals surface area contributed by atoms with Crippen LogP contribution in [-0.4, -0.2) is 10.9 Å². The van der Waals surface area contributed by atoms with Crippen molar-refractivity contribution in [1.82, 2.24) is 0 Å². The number of rotatable bonds is 1. The molecule has 0 aliphatic rings. The fourth-order valence-corrected chi connectivity index (χ4v) is 1.49. The van der Waals surface area contributed by atoms with Gasteiger partial charge in [-0.2, -0.15) is 0 Å². The van der Waals surface area contributed by atoms with Crippen molar-refractivity contribution in [2.24, 2.45) is 0 Å². The monoisotopic (exact) mass is 210 g/mol. The van der Waals surface area contributed by atoms with Crippen LogP contribution >= 0.6 is 11.6 Å². The topological polar surface area (TPSA) is 50.4 Å². The van der Waals surface area contributed by atoms with Gasteiger partial charge in [-0.05, 0) is 12.1 Å². The molecule has 3 nitrogen and oxygen atoms in total. The van der Waals surface area contributed by atoms with Gasteiger partial charge in [0.1, 0.15) is 0 Å². The van der Waals surface area contributed by atoms with E-state index in [0.717, 1.165) is 0 Å². The highest BCUT2D eigenvalue weighted by molar-refractivity contribution is 6.31. The Hall–Kier alpha value is -1.48. The summed E-state index contributed by atoms with van der Waals surface area (Å²) in [5.41, 5.74) is 0.291. The number of furan rings is 1. The number of hydrogen-bond donors (Lipinski definition) is 1. The van der Waals surface area contributed by atoms with Gasteiger partial charge in [-0.15, -0.1) is 0 Å². The van der Waals surface area contributed by atoms with Gasteiger partial charge in [-0.1, -0.05) is 11.6 Å². The van der Waals surface area contributed by atoms with Crippen molar-refractivity contribution in [3.63, 3.8) is 0 Å². The molecule has 0 spiro atoms. The third-order valence-electron chi connectivity index (χ3n) is 1.91. The lowest BCUT2D eigenvalue weighted by Crippen LogP contribution is -1.85. The van der Waals surface area contributed by atoms with E-state index in [0.29, 0.717) is 16.0 Å². The van der Waals surface area contributed by atoms with Crippen LogP contribution in [0.25, 0.3) is 11.0 Å². The summed E-state index contributed by atoms with van der Waals surface area (Å²) in [5, 5.41) is 10.5. The SMILES string of the molecule is CC(=O)c1cc2cc(Cl)cc(O)c2o1. The van der Waals surface area contributed by atoms with E-state index in [1.165, 1.54) is 13.0 Å². The molecule has 14 heavy (non-hydrogen) atoms. The Kier molecular flexibility index (Phi) is 1.97. The Labute approximate surface area is 84.9 Å². The van der Waals surface area contributed by atoms with Crippen LogP contribution in [0.5, 0.6) is 5.75 Å². The van der Waals surface area contributed by atoms with E-state index in [1.807, 2.05) is 0 Å². The summed E-state index contributed by atoms with van der Waals surface area (Å²) in [6.45, 7) is 1.40. The molecule has 2 aromatic rings. The lowest BCUT2D eigenvalue weighted by Gasteiger charge is -1.93. The highest BCUT2D eigenvalue weighted by atomic mass is 35.5. The van der Waals surface area contributed by atoms with Gasteiger partial charge in [0.2, 0.25) is 0 Å². The molecule has 0 saturated heterocycles. The molecule has 1 aromatic heterocycles. The molecular weight excluding hydrogens is 204 g/mol. The summed E-state index contributed by atoms with van der Waals surface area (Å²) >= 11 is 5.73. The van der Waals surface area contributed by atoms with E-state index in [4.69, 9.17) is 16.0 Å². The average Bonchev–Trinajstić information content (AvgIpc) is 2.47. The molecule has 1 heterocycles. The number of Topliss-reactive ketones (excluding diaryl/α,β-unsaturated/α-hetero) is 1. The predicted molar refractivity (Wildman–Crippen MR) is 52.9 cm³/mol. The van der Waals surface area contributed by atoms with Crippen LogP contribution in [0.2, 0.25) is 5.02 Å². The molecule has 2 rings (SSSR count). The van der Waals surface area contributed by atoms with E-state index >= 15 is 0 Å². The standard InChI is InChI=1S/C10H7ClO3/c1-5(12)9-3-6-2-7(11)4-8(13)10(6)14-9/h2-4,13H,1H3. The Bertz CT molecular complexity index is 513. The lowest BCUT2D eigenvalue weighted by molar-refractivity contribution is 0.0989. The summed E-state index contributed by atoms with van der Waals surface area (Å²) in [6.07, 6.45) is 0. The summed E-state index contributed by atoms with van der Waals surface area (Å²) in [7, 11) is 0. The predicted octanol–water partition coefficient (Wildman–Crippen LogP) is 2.99. The fourth-order valence-electron chi connectivity index (χ4n) is 1.27. The first-order valence-corrected chi connectivity index (χ1v) is 4.38. The largest absolute Gasteiger partial charge is 0.504 e. The van der Waals surface area contributed by atoms with Gasteiger partial charge < -0.3 is 9.52 Å². The zero-order valence-electron chi connectivity index (χ0n) is 7.37. The summed E-state index contributed by atoms with van der Waals surface area (Å²) in [4.78, 5) is 11.0. The number of phenols is 1. The van der Waals surface area contributed by atoms with Crippen molar-refractivity contribution in [2.75, 3.05) is 0 Å². The number of carbonyl (C=O) groups excluding carboxylic acids is 1. The van der Waals surface area contributed by atoms with Crippen molar-refractivity contribution in [3.05, 3.63) is 29.0 Å². The maximum atomic E-state index is 11.0. The van der Waals surface area contributed by atoms with Crippen LogP contribution in [0, 0.1) is 0 Å². The third kappa shape index (κ3) is 1.36. The van der Waals surface area contributed by atoms with Crippen molar-refractivity contribution >= 4 is 28.4 Å². The van der Waals surface area contributed by atoms with Crippen LogP contribution in [0.1, 0.15) is 17.5 Å². The molecule has 0 amide bonds. The first kappa shape index (κ1) is 9.09. The second-order valence-corrected chi connectivity index (χ2v) is 3.45. The molecule has 0 fully saturated rings. The molecule has 0 unspecified atom stereocenters. The average molecular weight is 211 g/mol. The van der Waals surface area contributed by atoms with E-state index < -0.39 is 0 Å². The molecule has 1 N–H and O–H groups in total. The fraction of sp³-hybridized carbons (Fsp3) is 0.100. The minimum atomic E-state index is -0.184. The number of hydrogen-bond acceptors (Lipinski definition) is 3. The highest BCUT2D eigenvalue weighted by Gasteiger charge is 2.11. The first-order valence-electron chi connectivity index (χ1n) is 4.01. The lowest BCUT2D eigenvalue weighted by atomic mass is 10.2. The van der Waals surface area contributed by atoms with E-state index in [2.05, 4.69) is 0 Å². The van der Waals surface area contributed by atoms with Gasteiger partial charge in [0, 0.05) is 23.4 Å². The number of halogens is 1. The first-order chi connectivity index (χ1) is 6.58. The summed E-state index contributed by atoms with van der Waals surface area (Å²) in [6, 6.07) is 4.56. The minimum absolute atomic E-state index is 0.0556. The quantitative estimate of drug-likeness (QED) is 0.737. The summed E-state index contributed by atoms with van der Waals surface area (Å²) in [5.74, 6) is -0.0192. The maximum Gasteiger partial charge on any atom is 0.194 e. The van der Waals surface area contributed by atoms with Crippen molar-refractivity contribution in [3.8, 4) is 5.75 Å². The molecule has 0 saturated carbocycles. The van der Waals surface area contributed by atoms with E-state index in [-0.39, 0.29) is 17.3 Å². The number of fused-ring (bicyclic) bond motifs is 1. The second-order valence-electron chi connectivity index (χ2n) is 3.01. The zero-order chi connectivity index (χ0) is 10.3. The van der Waals surface area contributed by atoms with Crippen molar-refractivity contribution in [1.29, 1.82) is 0 Å². The van der Waals surface area contributed by atoms with Gasteiger partial charge in [-0.3, -0.25) is 4.79 Å². The molecule has 72 valence electrons. The molecule has 0 atom stereocenters. The number of benzene rings is 1. The zero-order valence-corrected chi connectivity index (χ0v) is 8.13. The maximum absolute atomic E-state index is 11.0. The van der Waals surface area contributed by atoms with Crippen molar-refractivity contribution < 1.29 is 14.3 Å². The van der Waals surface area contributed by atoms with E-state index in [9.17, 15) is 9.90 Å². The molecule has 0 bridgehead atoms. The Morgan fingerprint density at radius 3 is 2.79 bits per heavy atom. The molecule has 4 heteroatoms. The van der Waals surface area contributed by atoms with Crippen LogP contribution in [0.15, 0.2) is 22.6 Å². The second kappa shape index (κ2) is 3.03. The molecule has 0 aliphatic carbocycles. The van der Waals surface area contributed by atoms with Gasteiger partial charge in [0.15, 0.2) is 22.9 Å². The van der Waals surface area contributed by atoms with E-state index in [1.54, 1.807) is 12.1 Å². The van der Waals surface area contributed by atoms with Crippen molar-refractivity contribution in [2.45, 2.75) is 6.92 Å². The van der Waals surface area contributed by atoms with Crippen LogP contribution < -0.4 is 0 Å². The van der Waals surface area contributed by atoms with Gasteiger partial charge in [0.25, 0.3) is 0 Å². The molecular formula is C10H7ClO3. The van der Waals surface area contributed by atoms with Gasteiger partial charge in [-0.25, -0.2) is 0 Å². The van der Waals surface area contributed by atoms with Crippen LogP contribution in [0.4, 0.5) is 0 Å². The number of carbonyl (C=O) groups is 1. The molecule has 1 aromatic carbocycles. The number of ketones is 1. The highest BCUT2D eigenvalue weighted by Crippen LogP contribution is 2.31. The normalized spacial score (nSPS) is 10.7. The number of phenolic OH excluding ortho intramolecular Hbond substituents is 1. The Morgan fingerprint density at radius 2 is 2.14 bits per heavy atom. The molecule has 0 aliphatic heterocycles. The number of aromatic hydroxyl groups is 1. The smallest absolute Gasteiger partial charge is 0.194 e.